The molecule has 0 bridgehead atoms. The highest BCUT2D eigenvalue weighted by Crippen LogP contribution is 2.40. The van der Waals surface area contributed by atoms with Crippen molar-refractivity contribution in [3.05, 3.63) is 37.8 Å². The molecule has 2 atom stereocenters. The number of aliphatic hydroxyl groups is 2. The molecule has 2 aromatic rings. The summed E-state index contributed by atoms with van der Waals surface area (Å²) in [6.07, 6.45) is 1.51. The summed E-state index contributed by atoms with van der Waals surface area (Å²) in [4.78, 5) is 29.0. The number of anilines is 1. The molecule has 1 aliphatic heterocycles. The Bertz CT molecular complexity index is 1020. The zero-order valence-electron chi connectivity index (χ0n) is 15.5. The van der Waals surface area contributed by atoms with E-state index in [2.05, 4.69) is 4.98 Å². The lowest BCUT2D eigenvalue weighted by Gasteiger charge is -2.38. The van der Waals surface area contributed by atoms with Gasteiger partial charge in [-0.3, -0.25) is 14.3 Å². The van der Waals surface area contributed by atoms with Gasteiger partial charge in [0.15, 0.2) is 5.82 Å². The Balaban J connectivity index is 1.99. The normalized spacial score (nSPS) is 23.2. The molecule has 1 saturated heterocycles. The molecule has 3 N–H and O–H groups in total. The maximum atomic E-state index is 15.3. The van der Waals surface area contributed by atoms with Gasteiger partial charge in [-0.05, 0) is 33.1 Å². The van der Waals surface area contributed by atoms with Crippen LogP contribution in [0.25, 0.3) is 10.9 Å². The maximum Gasteiger partial charge on any atom is 0.329 e. The largest absolute Gasteiger partial charge is 0.396 e. The van der Waals surface area contributed by atoms with Crippen LogP contribution in [0.2, 0.25) is 0 Å². The second-order valence-corrected chi connectivity index (χ2v) is 7.74. The molecule has 1 aromatic heterocycles. The highest BCUT2D eigenvalue weighted by Gasteiger charge is 2.33. The Morgan fingerprint density at radius 2 is 1.89 bits per heavy atom. The fourth-order valence-electron chi connectivity index (χ4n) is 4.29. The van der Waals surface area contributed by atoms with Crippen LogP contribution in [-0.4, -0.2) is 45.6 Å². The second kappa shape index (κ2) is 6.45. The predicted octanol–water partition coefficient (Wildman–Crippen LogP) is 0.960. The van der Waals surface area contributed by atoms with Gasteiger partial charge in [0.2, 0.25) is 0 Å². The minimum atomic E-state index is -0.622. The first kappa shape index (κ1) is 18.2. The van der Waals surface area contributed by atoms with E-state index < -0.39 is 23.2 Å². The van der Waals surface area contributed by atoms with Crippen LogP contribution in [-0.2, 0) is 0 Å². The van der Waals surface area contributed by atoms with E-state index in [1.807, 2.05) is 4.90 Å². The Labute approximate surface area is 155 Å². The molecular formula is C19H24FN3O4. The first-order valence-corrected chi connectivity index (χ1v) is 9.36. The zero-order valence-corrected chi connectivity index (χ0v) is 15.5. The van der Waals surface area contributed by atoms with Gasteiger partial charge in [0.25, 0.3) is 5.56 Å². The molecule has 146 valence electrons. The number of H-pyrrole nitrogens is 1. The van der Waals surface area contributed by atoms with Crippen LogP contribution >= 0.6 is 0 Å². The van der Waals surface area contributed by atoms with E-state index in [1.165, 1.54) is 0 Å². The van der Waals surface area contributed by atoms with Gasteiger partial charge in [0.05, 0.1) is 29.3 Å². The van der Waals surface area contributed by atoms with E-state index in [0.717, 1.165) is 12.8 Å². The van der Waals surface area contributed by atoms with Gasteiger partial charge in [0.1, 0.15) is 0 Å². The summed E-state index contributed by atoms with van der Waals surface area (Å²) in [6.45, 7) is 3.86. The first-order chi connectivity index (χ1) is 12.8. The van der Waals surface area contributed by atoms with Crippen LogP contribution < -0.4 is 16.1 Å². The van der Waals surface area contributed by atoms with Crippen LogP contribution in [0.5, 0.6) is 0 Å². The van der Waals surface area contributed by atoms with E-state index in [9.17, 15) is 19.8 Å². The Morgan fingerprint density at radius 3 is 2.52 bits per heavy atom. The van der Waals surface area contributed by atoms with Crippen LogP contribution in [0.4, 0.5) is 10.1 Å². The van der Waals surface area contributed by atoms with Gasteiger partial charge in [-0.1, -0.05) is 0 Å². The van der Waals surface area contributed by atoms with Gasteiger partial charge in [-0.2, -0.15) is 0 Å². The summed E-state index contributed by atoms with van der Waals surface area (Å²) in [5.41, 5.74) is 0.582. The van der Waals surface area contributed by atoms with Crippen molar-refractivity contribution in [2.24, 2.45) is 5.92 Å². The molecule has 1 saturated carbocycles. The molecule has 2 fully saturated rings. The third kappa shape index (κ3) is 2.78. The summed E-state index contributed by atoms with van der Waals surface area (Å²) in [5, 5.41) is 19.8. The molecule has 27 heavy (non-hydrogen) atoms. The molecule has 2 heterocycles. The third-order valence-electron chi connectivity index (χ3n) is 5.92. The number of piperidine rings is 1. The molecule has 1 aliphatic carbocycles. The number of aromatic amines is 1. The maximum absolute atomic E-state index is 15.3. The number of aliphatic hydroxyl groups excluding tert-OH is 2. The number of halogens is 1. The standard InChI is InChI=1S/C19H24FN3O4/c1-9-14-16(23(12-3-4-12)19(27)21-18(14)26)10(2)17(15(9)20)22-6-5-13(25)11(7-22)8-24/h11-13,24-25H,3-8H2,1-2H3,(H,21,26,27). The van der Waals surface area contributed by atoms with Crippen molar-refractivity contribution in [3.8, 4) is 0 Å². The van der Waals surface area contributed by atoms with Crippen molar-refractivity contribution in [1.29, 1.82) is 0 Å². The van der Waals surface area contributed by atoms with E-state index in [1.54, 1.807) is 18.4 Å². The van der Waals surface area contributed by atoms with E-state index in [4.69, 9.17) is 0 Å². The quantitative estimate of drug-likeness (QED) is 0.740. The molecule has 2 aliphatic rings. The van der Waals surface area contributed by atoms with Crippen LogP contribution in [0.1, 0.15) is 36.4 Å². The molecular weight excluding hydrogens is 353 g/mol. The summed E-state index contributed by atoms with van der Waals surface area (Å²) in [5.74, 6) is -0.849. The first-order valence-electron chi connectivity index (χ1n) is 9.36. The average molecular weight is 377 g/mol. The average Bonchev–Trinajstić information content (AvgIpc) is 3.45. The van der Waals surface area contributed by atoms with Crippen LogP contribution in [0, 0.1) is 25.6 Å². The van der Waals surface area contributed by atoms with Crippen LogP contribution in [0.15, 0.2) is 9.59 Å². The smallest absolute Gasteiger partial charge is 0.329 e. The third-order valence-corrected chi connectivity index (χ3v) is 5.92. The molecule has 7 nitrogen and oxygen atoms in total. The minimum Gasteiger partial charge on any atom is -0.396 e. The summed E-state index contributed by atoms with van der Waals surface area (Å²) < 4.78 is 16.9. The van der Waals surface area contributed by atoms with Gasteiger partial charge in [0, 0.05) is 36.2 Å². The molecule has 0 spiro atoms. The molecule has 0 amide bonds. The monoisotopic (exact) mass is 377 g/mol. The lowest BCUT2D eigenvalue weighted by atomic mass is 9.93. The highest BCUT2D eigenvalue weighted by molar-refractivity contribution is 5.90. The van der Waals surface area contributed by atoms with E-state index in [0.29, 0.717) is 36.3 Å². The van der Waals surface area contributed by atoms with Crippen molar-refractivity contribution in [2.75, 3.05) is 24.6 Å². The van der Waals surface area contributed by atoms with Crippen molar-refractivity contribution in [1.82, 2.24) is 9.55 Å². The van der Waals surface area contributed by atoms with Gasteiger partial charge >= 0.3 is 5.69 Å². The van der Waals surface area contributed by atoms with Gasteiger partial charge in [-0.25, -0.2) is 9.18 Å². The van der Waals surface area contributed by atoms with Gasteiger partial charge < -0.3 is 15.1 Å². The number of hydrogen-bond donors (Lipinski definition) is 3. The number of nitrogens with one attached hydrogen (secondary N) is 1. The Morgan fingerprint density at radius 1 is 1.19 bits per heavy atom. The summed E-state index contributed by atoms with van der Waals surface area (Å²) in [6, 6.07) is 0.0293. The molecule has 2 unspecified atom stereocenters. The fraction of sp³-hybridized carbons (Fsp3) is 0.579. The lowest BCUT2D eigenvalue weighted by molar-refractivity contribution is 0.0524. The Hall–Kier alpha value is -2.19. The predicted molar refractivity (Wildman–Crippen MR) is 99.9 cm³/mol. The fourth-order valence-corrected chi connectivity index (χ4v) is 4.29. The number of nitrogens with zero attached hydrogens (tertiary/aromatic N) is 2. The number of fused-ring (bicyclic) bond motifs is 1. The molecule has 4 rings (SSSR count). The molecule has 1 aromatic carbocycles. The topological polar surface area (TPSA) is 98.6 Å². The molecule has 0 radical (unpaired) electrons. The summed E-state index contributed by atoms with van der Waals surface area (Å²) in [7, 11) is 0. The lowest BCUT2D eigenvalue weighted by Crippen LogP contribution is -2.45. The van der Waals surface area contributed by atoms with Crippen molar-refractivity contribution in [3.63, 3.8) is 0 Å². The van der Waals surface area contributed by atoms with E-state index >= 15 is 4.39 Å². The zero-order chi connectivity index (χ0) is 19.5. The summed E-state index contributed by atoms with van der Waals surface area (Å²) >= 11 is 0. The van der Waals surface area contributed by atoms with Crippen molar-refractivity contribution >= 4 is 16.6 Å². The number of rotatable bonds is 3. The van der Waals surface area contributed by atoms with Crippen molar-refractivity contribution < 1.29 is 14.6 Å². The minimum absolute atomic E-state index is 0.0293. The van der Waals surface area contributed by atoms with Gasteiger partial charge in [-0.15, -0.1) is 0 Å². The van der Waals surface area contributed by atoms with Crippen LogP contribution in [0.3, 0.4) is 0 Å². The number of aromatic nitrogens is 2. The Kier molecular flexibility index (Phi) is 4.35. The number of benzene rings is 1. The van der Waals surface area contributed by atoms with Crippen molar-refractivity contribution in [2.45, 2.75) is 45.3 Å². The highest BCUT2D eigenvalue weighted by atomic mass is 19.1. The molecule has 8 heteroatoms. The van der Waals surface area contributed by atoms with E-state index in [-0.39, 0.29) is 29.5 Å². The number of aryl methyl sites for hydroxylation is 2. The SMILES string of the molecule is Cc1c(F)c(N2CCC(O)C(CO)C2)c(C)c2c1c(=O)[nH]c(=O)n2C1CC1. The number of hydrogen-bond acceptors (Lipinski definition) is 5. The second-order valence-electron chi connectivity index (χ2n) is 7.74.